The summed E-state index contributed by atoms with van der Waals surface area (Å²) in [4.78, 5) is 28.5. The predicted octanol–water partition coefficient (Wildman–Crippen LogP) is 3.59. The molecule has 2 aromatic heterocycles. The van der Waals surface area contributed by atoms with Crippen molar-refractivity contribution in [3.05, 3.63) is 42.1 Å². The highest BCUT2D eigenvalue weighted by Gasteiger charge is 2.18. The summed E-state index contributed by atoms with van der Waals surface area (Å²) < 4.78 is 17.6. The van der Waals surface area contributed by atoms with Crippen LogP contribution in [-0.2, 0) is 9.47 Å². The minimum Gasteiger partial charge on any atom is -0.492 e. The molecule has 182 valence electrons. The van der Waals surface area contributed by atoms with Crippen LogP contribution in [0.4, 0.5) is 22.1 Å². The molecule has 0 aliphatic rings. The lowest BCUT2D eigenvalue weighted by Gasteiger charge is -2.19. The first-order valence-corrected chi connectivity index (χ1v) is 10.9. The summed E-state index contributed by atoms with van der Waals surface area (Å²) in [6.45, 7) is 7.98. The number of hydrogen-bond donors (Lipinski definition) is 3. The van der Waals surface area contributed by atoms with Crippen LogP contribution in [0.5, 0.6) is 5.75 Å². The highest BCUT2D eigenvalue weighted by molar-refractivity contribution is 5.96. The van der Waals surface area contributed by atoms with Gasteiger partial charge < -0.3 is 30.2 Å². The molecule has 0 aliphatic carbocycles. The van der Waals surface area contributed by atoms with Gasteiger partial charge in [-0.1, -0.05) is 6.07 Å². The number of fused-ring (bicyclic) bond motifs is 1. The van der Waals surface area contributed by atoms with Crippen molar-refractivity contribution in [3.8, 4) is 5.75 Å². The first-order valence-electron chi connectivity index (χ1n) is 10.9. The Morgan fingerprint density at radius 1 is 1.18 bits per heavy atom. The fraction of sp³-hybridized carbons (Fsp3) is 0.391. The molecule has 3 rings (SSSR count). The number of nitrogens with zero attached hydrogens (tertiary/aromatic N) is 3. The zero-order valence-electron chi connectivity index (χ0n) is 20.0. The largest absolute Gasteiger partial charge is 0.492 e. The fourth-order valence-corrected chi connectivity index (χ4v) is 3.01. The Morgan fingerprint density at radius 2 is 1.97 bits per heavy atom. The van der Waals surface area contributed by atoms with E-state index < -0.39 is 17.7 Å². The summed E-state index contributed by atoms with van der Waals surface area (Å²) in [5.41, 5.74) is 0.821. The normalized spacial score (nSPS) is 11.1. The molecule has 0 unspecified atom stereocenters. The number of carbonyl (C=O) groups excluding carboxylic acids is 2. The third kappa shape index (κ3) is 6.50. The molecule has 11 nitrogen and oxygen atoms in total. The van der Waals surface area contributed by atoms with E-state index >= 15 is 0 Å². The minimum atomic E-state index is -0.552. The number of carbonyl (C=O) groups is 2. The summed E-state index contributed by atoms with van der Waals surface area (Å²) >= 11 is 0. The number of amides is 1. The summed E-state index contributed by atoms with van der Waals surface area (Å²) in [5.74, 6) is 1.28. The van der Waals surface area contributed by atoms with E-state index in [1.54, 1.807) is 46.9 Å². The van der Waals surface area contributed by atoms with E-state index in [1.165, 1.54) is 10.7 Å². The summed E-state index contributed by atoms with van der Waals surface area (Å²) in [6, 6.07) is 9.08. The van der Waals surface area contributed by atoms with Gasteiger partial charge >= 0.3 is 12.1 Å². The van der Waals surface area contributed by atoms with Crippen LogP contribution in [0.2, 0.25) is 0 Å². The van der Waals surface area contributed by atoms with Crippen LogP contribution in [0, 0.1) is 0 Å². The Kier molecular flexibility index (Phi) is 7.77. The van der Waals surface area contributed by atoms with Crippen molar-refractivity contribution in [1.82, 2.24) is 19.9 Å². The number of ether oxygens (including phenoxy) is 3. The number of benzene rings is 1. The first-order chi connectivity index (χ1) is 16.2. The van der Waals surface area contributed by atoms with E-state index in [4.69, 9.17) is 14.2 Å². The second kappa shape index (κ2) is 10.7. The molecule has 1 amide bonds. The summed E-state index contributed by atoms with van der Waals surface area (Å²) in [5, 5.41) is 13.2. The van der Waals surface area contributed by atoms with Crippen LogP contribution < -0.4 is 20.7 Å². The van der Waals surface area contributed by atoms with E-state index in [-0.39, 0.29) is 18.8 Å². The maximum atomic E-state index is 12.3. The summed E-state index contributed by atoms with van der Waals surface area (Å²) in [6.07, 6.45) is 0.945. The average molecular weight is 471 g/mol. The van der Waals surface area contributed by atoms with Crippen LogP contribution in [0.1, 0.15) is 38.1 Å². The van der Waals surface area contributed by atoms with Crippen molar-refractivity contribution in [2.75, 3.05) is 37.4 Å². The topological polar surface area (TPSA) is 128 Å². The Balaban J connectivity index is 1.68. The number of anilines is 3. The predicted molar refractivity (Wildman–Crippen MR) is 128 cm³/mol. The van der Waals surface area contributed by atoms with Gasteiger partial charge in [0.15, 0.2) is 5.65 Å². The fourth-order valence-electron chi connectivity index (χ4n) is 3.01. The van der Waals surface area contributed by atoms with E-state index in [2.05, 4.69) is 26.0 Å². The standard InChI is InChI=1S/C23H30N6O5/c1-6-32-21(30)17-14-26-29-19(24-5)13-18(28-20(17)29)27-15-8-7-9-16(12-15)33-11-10-25-22(31)34-23(2,3)4/h7-9,12-14,24H,6,10-11H2,1-5H3,(H,25,31)(H,27,28). The maximum absolute atomic E-state index is 12.3. The van der Waals surface area contributed by atoms with Crippen molar-refractivity contribution in [2.24, 2.45) is 0 Å². The van der Waals surface area contributed by atoms with Crippen LogP contribution in [-0.4, -0.2) is 59.1 Å². The number of nitrogens with one attached hydrogen (secondary N) is 3. The molecule has 34 heavy (non-hydrogen) atoms. The zero-order chi connectivity index (χ0) is 24.7. The van der Waals surface area contributed by atoms with Gasteiger partial charge in [0.1, 0.15) is 35.2 Å². The lowest BCUT2D eigenvalue weighted by atomic mass is 10.2. The Bertz CT molecular complexity index is 1150. The van der Waals surface area contributed by atoms with Crippen LogP contribution in [0.25, 0.3) is 5.65 Å². The second-order valence-electron chi connectivity index (χ2n) is 8.22. The smallest absolute Gasteiger partial charge is 0.407 e. The highest BCUT2D eigenvalue weighted by atomic mass is 16.6. The van der Waals surface area contributed by atoms with Gasteiger partial charge in [0.25, 0.3) is 0 Å². The van der Waals surface area contributed by atoms with Gasteiger partial charge in [0.05, 0.1) is 19.3 Å². The number of rotatable bonds is 9. The lowest BCUT2D eigenvalue weighted by Crippen LogP contribution is -2.34. The number of alkyl carbamates (subject to hydrolysis) is 1. The Hall–Kier alpha value is -4.02. The molecule has 11 heteroatoms. The van der Waals surface area contributed by atoms with Crippen LogP contribution in [0.3, 0.4) is 0 Å². The van der Waals surface area contributed by atoms with Crippen molar-refractivity contribution in [2.45, 2.75) is 33.3 Å². The molecular weight excluding hydrogens is 440 g/mol. The molecule has 0 atom stereocenters. The van der Waals surface area contributed by atoms with Crippen molar-refractivity contribution >= 4 is 35.0 Å². The van der Waals surface area contributed by atoms with E-state index in [9.17, 15) is 9.59 Å². The van der Waals surface area contributed by atoms with E-state index in [1.807, 2.05) is 18.2 Å². The molecule has 3 aromatic rings. The summed E-state index contributed by atoms with van der Waals surface area (Å²) in [7, 11) is 1.75. The number of aromatic nitrogens is 3. The van der Waals surface area contributed by atoms with Gasteiger partial charge in [0.2, 0.25) is 0 Å². The molecule has 0 bridgehead atoms. The van der Waals surface area contributed by atoms with E-state index in [0.717, 1.165) is 5.69 Å². The zero-order valence-corrected chi connectivity index (χ0v) is 20.0. The minimum absolute atomic E-state index is 0.257. The van der Waals surface area contributed by atoms with Gasteiger partial charge in [-0.25, -0.2) is 14.6 Å². The molecule has 0 saturated carbocycles. The third-order valence-electron chi connectivity index (χ3n) is 4.37. The van der Waals surface area contributed by atoms with Gasteiger partial charge in [-0.05, 0) is 39.8 Å². The quantitative estimate of drug-likeness (QED) is 0.317. The second-order valence-corrected chi connectivity index (χ2v) is 8.22. The molecule has 0 saturated heterocycles. The monoisotopic (exact) mass is 470 g/mol. The maximum Gasteiger partial charge on any atom is 0.407 e. The van der Waals surface area contributed by atoms with Gasteiger partial charge in [-0.2, -0.15) is 9.61 Å². The molecule has 0 fully saturated rings. The molecular formula is C23H30N6O5. The lowest BCUT2D eigenvalue weighted by molar-refractivity contribution is 0.0513. The SMILES string of the molecule is CCOC(=O)c1cnn2c(NC)cc(Nc3cccc(OCCNC(=O)OC(C)(C)C)c3)nc12. The Labute approximate surface area is 197 Å². The van der Waals surface area contributed by atoms with Crippen molar-refractivity contribution in [3.63, 3.8) is 0 Å². The van der Waals surface area contributed by atoms with Gasteiger partial charge in [-0.15, -0.1) is 0 Å². The molecule has 0 spiro atoms. The van der Waals surface area contributed by atoms with Crippen LogP contribution in [0.15, 0.2) is 36.5 Å². The number of hydrogen-bond acceptors (Lipinski definition) is 9. The molecule has 1 aromatic carbocycles. The molecule has 3 N–H and O–H groups in total. The third-order valence-corrected chi connectivity index (χ3v) is 4.37. The highest BCUT2D eigenvalue weighted by Crippen LogP contribution is 2.24. The first kappa shape index (κ1) is 24.6. The van der Waals surface area contributed by atoms with Crippen LogP contribution >= 0.6 is 0 Å². The molecule has 0 aliphatic heterocycles. The average Bonchev–Trinajstić information content (AvgIpc) is 3.19. The number of esters is 1. The molecule has 0 radical (unpaired) electrons. The Morgan fingerprint density at radius 3 is 2.68 bits per heavy atom. The van der Waals surface area contributed by atoms with Gasteiger partial charge in [-0.3, -0.25) is 0 Å². The van der Waals surface area contributed by atoms with Gasteiger partial charge in [0, 0.05) is 24.9 Å². The molecule has 2 heterocycles. The van der Waals surface area contributed by atoms with Crippen molar-refractivity contribution < 1.29 is 23.8 Å². The van der Waals surface area contributed by atoms with Crippen molar-refractivity contribution in [1.29, 1.82) is 0 Å². The van der Waals surface area contributed by atoms with E-state index in [0.29, 0.717) is 29.6 Å².